The van der Waals surface area contributed by atoms with Crippen LogP contribution in [0.5, 0.6) is 0 Å². The average Bonchev–Trinajstić information content (AvgIpc) is 2.65. The number of ether oxygens (including phenoxy) is 1. The van der Waals surface area contributed by atoms with Gasteiger partial charge in [-0.2, -0.15) is 0 Å². The van der Waals surface area contributed by atoms with Crippen LogP contribution in [-0.2, 0) is 11.2 Å². The Morgan fingerprint density at radius 2 is 2.53 bits per heavy atom. The van der Waals surface area contributed by atoms with Gasteiger partial charge in [0.05, 0.1) is 17.9 Å². The Bertz CT molecular complexity index is 359. The fraction of sp³-hybridized carbons (Fsp3) is 0.545. The number of nitrogens with zero attached hydrogens (tertiary/aromatic N) is 1. The average molecular weight is 224 g/mol. The first-order chi connectivity index (χ1) is 7.25. The number of aryl methyl sites for hydroxylation is 1. The molecule has 15 heavy (non-hydrogen) atoms. The van der Waals surface area contributed by atoms with Crippen LogP contribution in [-0.4, -0.2) is 17.6 Å². The lowest BCUT2D eigenvalue weighted by atomic mass is 10.0. The first-order valence-corrected chi connectivity index (χ1v) is 6.11. The molecule has 3 nitrogen and oxygen atoms in total. The minimum atomic E-state index is 0.0656. The zero-order valence-corrected chi connectivity index (χ0v) is 9.72. The van der Waals surface area contributed by atoms with E-state index in [4.69, 9.17) is 10.5 Å². The zero-order chi connectivity index (χ0) is 10.7. The molecule has 1 atom stereocenters. The van der Waals surface area contributed by atoms with Crippen molar-refractivity contribution in [3.63, 3.8) is 0 Å². The molecule has 1 aliphatic rings. The Balaban J connectivity index is 1.96. The number of hydrogen-bond donors (Lipinski definition) is 1. The van der Waals surface area contributed by atoms with E-state index in [-0.39, 0.29) is 6.04 Å². The molecule has 82 valence electrons. The summed E-state index contributed by atoms with van der Waals surface area (Å²) in [7, 11) is 0. The Morgan fingerprint density at radius 1 is 1.67 bits per heavy atom. The van der Waals surface area contributed by atoms with Gasteiger partial charge in [0.1, 0.15) is 0 Å². The molecule has 0 radical (unpaired) electrons. The van der Waals surface area contributed by atoms with Crippen LogP contribution in [0.3, 0.4) is 0 Å². The Kier molecular flexibility index (Phi) is 3.38. The molecule has 1 aromatic rings. The monoisotopic (exact) mass is 224 g/mol. The van der Waals surface area contributed by atoms with E-state index in [1.54, 1.807) is 11.3 Å². The normalized spacial score (nSPS) is 18.1. The third-order valence-corrected chi connectivity index (χ3v) is 3.49. The van der Waals surface area contributed by atoms with Crippen molar-refractivity contribution in [1.82, 2.24) is 4.98 Å². The van der Waals surface area contributed by atoms with Crippen LogP contribution in [0, 0.1) is 6.92 Å². The molecule has 2 N–H and O–H groups in total. The summed E-state index contributed by atoms with van der Waals surface area (Å²) in [4.78, 5) is 4.42. The molecule has 2 heterocycles. The summed E-state index contributed by atoms with van der Waals surface area (Å²) in [6.07, 6.45) is 4.80. The SMILES string of the molecule is Cc1csc(CC(N)C2=COCCC2)n1. The number of thiazole rings is 1. The summed E-state index contributed by atoms with van der Waals surface area (Å²) < 4.78 is 5.29. The van der Waals surface area contributed by atoms with E-state index in [1.165, 1.54) is 5.57 Å². The highest BCUT2D eigenvalue weighted by Crippen LogP contribution is 2.19. The number of nitrogens with two attached hydrogens (primary N) is 1. The number of rotatable bonds is 3. The topological polar surface area (TPSA) is 48.1 Å². The lowest BCUT2D eigenvalue weighted by molar-refractivity contribution is 0.221. The van der Waals surface area contributed by atoms with E-state index in [1.807, 2.05) is 13.2 Å². The summed E-state index contributed by atoms with van der Waals surface area (Å²) in [5.74, 6) is 0. The van der Waals surface area contributed by atoms with Gasteiger partial charge in [-0.05, 0) is 25.3 Å². The van der Waals surface area contributed by atoms with Crippen molar-refractivity contribution in [2.45, 2.75) is 32.2 Å². The maximum Gasteiger partial charge on any atom is 0.0946 e. The summed E-state index contributed by atoms with van der Waals surface area (Å²) in [6.45, 7) is 2.83. The molecule has 0 spiro atoms. The lowest BCUT2D eigenvalue weighted by Gasteiger charge is -2.18. The molecule has 0 amide bonds. The van der Waals surface area contributed by atoms with Gasteiger partial charge in [-0.15, -0.1) is 11.3 Å². The molecule has 1 aromatic heterocycles. The van der Waals surface area contributed by atoms with Crippen molar-refractivity contribution in [3.8, 4) is 0 Å². The molecular weight excluding hydrogens is 208 g/mol. The second-order valence-corrected chi connectivity index (χ2v) is 4.80. The van der Waals surface area contributed by atoms with Crippen LogP contribution in [0.1, 0.15) is 23.5 Å². The summed E-state index contributed by atoms with van der Waals surface area (Å²) in [5, 5.41) is 3.18. The van der Waals surface area contributed by atoms with Crippen molar-refractivity contribution in [2.75, 3.05) is 6.61 Å². The Hall–Kier alpha value is -0.870. The molecular formula is C11H16N2OS. The zero-order valence-electron chi connectivity index (χ0n) is 8.90. The number of aromatic nitrogens is 1. The van der Waals surface area contributed by atoms with Crippen molar-refractivity contribution < 1.29 is 4.74 Å². The van der Waals surface area contributed by atoms with Crippen LogP contribution in [0.15, 0.2) is 17.2 Å². The van der Waals surface area contributed by atoms with Crippen molar-refractivity contribution >= 4 is 11.3 Å². The summed E-state index contributed by atoms with van der Waals surface area (Å²) in [6, 6.07) is 0.0656. The first kappa shape index (κ1) is 10.6. The van der Waals surface area contributed by atoms with Gasteiger partial charge in [0.15, 0.2) is 0 Å². The molecule has 0 saturated heterocycles. The standard InChI is InChI=1S/C11H16N2OS/c1-8-7-15-11(13-8)5-10(12)9-3-2-4-14-6-9/h6-7,10H,2-5,12H2,1H3. The van der Waals surface area contributed by atoms with Crippen molar-refractivity contribution in [1.29, 1.82) is 0 Å². The second kappa shape index (κ2) is 4.77. The summed E-state index contributed by atoms with van der Waals surface area (Å²) in [5.41, 5.74) is 8.40. The molecule has 4 heteroatoms. The number of hydrogen-bond acceptors (Lipinski definition) is 4. The quantitative estimate of drug-likeness (QED) is 0.854. The summed E-state index contributed by atoms with van der Waals surface area (Å²) >= 11 is 1.68. The van der Waals surface area contributed by atoms with Gasteiger partial charge in [0.25, 0.3) is 0 Å². The van der Waals surface area contributed by atoms with E-state index in [2.05, 4.69) is 10.4 Å². The van der Waals surface area contributed by atoms with Gasteiger partial charge in [0, 0.05) is 23.5 Å². The molecule has 1 aliphatic heterocycles. The highest BCUT2D eigenvalue weighted by molar-refractivity contribution is 7.09. The second-order valence-electron chi connectivity index (χ2n) is 3.86. The molecule has 0 aliphatic carbocycles. The molecule has 2 rings (SSSR count). The van der Waals surface area contributed by atoms with E-state index >= 15 is 0 Å². The fourth-order valence-electron chi connectivity index (χ4n) is 1.67. The van der Waals surface area contributed by atoms with Crippen molar-refractivity contribution in [2.24, 2.45) is 5.73 Å². The van der Waals surface area contributed by atoms with Gasteiger partial charge in [-0.3, -0.25) is 0 Å². The van der Waals surface area contributed by atoms with Crippen LogP contribution in [0.2, 0.25) is 0 Å². The molecule has 0 bridgehead atoms. The maximum atomic E-state index is 6.11. The fourth-order valence-corrected chi connectivity index (χ4v) is 2.50. The molecule has 0 aromatic carbocycles. The molecule has 1 unspecified atom stereocenters. The third kappa shape index (κ3) is 2.79. The van der Waals surface area contributed by atoms with Crippen LogP contribution in [0.4, 0.5) is 0 Å². The highest BCUT2D eigenvalue weighted by atomic mass is 32.1. The van der Waals surface area contributed by atoms with Crippen LogP contribution < -0.4 is 5.73 Å². The van der Waals surface area contributed by atoms with Crippen LogP contribution in [0.25, 0.3) is 0 Å². The smallest absolute Gasteiger partial charge is 0.0946 e. The molecule has 0 fully saturated rings. The predicted octanol–water partition coefficient (Wildman–Crippen LogP) is 2.02. The van der Waals surface area contributed by atoms with E-state index in [0.29, 0.717) is 0 Å². The minimum Gasteiger partial charge on any atom is -0.501 e. The van der Waals surface area contributed by atoms with Gasteiger partial charge in [-0.25, -0.2) is 4.98 Å². The Labute approximate surface area is 94.0 Å². The predicted molar refractivity (Wildman–Crippen MR) is 61.8 cm³/mol. The maximum absolute atomic E-state index is 6.11. The van der Waals surface area contributed by atoms with E-state index in [9.17, 15) is 0 Å². The van der Waals surface area contributed by atoms with Gasteiger partial charge >= 0.3 is 0 Å². The lowest BCUT2D eigenvalue weighted by Crippen LogP contribution is -2.27. The highest BCUT2D eigenvalue weighted by Gasteiger charge is 2.14. The third-order valence-electron chi connectivity index (χ3n) is 2.50. The largest absolute Gasteiger partial charge is 0.501 e. The van der Waals surface area contributed by atoms with E-state index in [0.717, 1.165) is 36.6 Å². The Morgan fingerprint density at radius 3 is 3.13 bits per heavy atom. The van der Waals surface area contributed by atoms with Crippen molar-refractivity contribution in [3.05, 3.63) is 27.9 Å². The van der Waals surface area contributed by atoms with Gasteiger partial charge in [0.2, 0.25) is 0 Å². The minimum absolute atomic E-state index is 0.0656. The van der Waals surface area contributed by atoms with Crippen LogP contribution >= 0.6 is 11.3 Å². The molecule has 0 saturated carbocycles. The van der Waals surface area contributed by atoms with Gasteiger partial charge < -0.3 is 10.5 Å². The first-order valence-electron chi connectivity index (χ1n) is 5.23. The van der Waals surface area contributed by atoms with Gasteiger partial charge in [-0.1, -0.05) is 0 Å². The van der Waals surface area contributed by atoms with E-state index < -0.39 is 0 Å².